The Morgan fingerprint density at radius 3 is 2.24 bits per heavy atom. The van der Waals surface area contributed by atoms with Crippen LogP contribution in [0.25, 0.3) is 0 Å². The van der Waals surface area contributed by atoms with Crippen molar-refractivity contribution < 1.29 is 8.42 Å². The SMILES string of the molecule is CCCNCc1cc(S(=O)(=O)N(CC)CC)ccc1CC. The van der Waals surface area contributed by atoms with Gasteiger partial charge in [-0.3, -0.25) is 0 Å². The Morgan fingerprint density at radius 2 is 1.71 bits per heavy atom. The van der Waals surface area contributed by atoms with Crippen LogP contribution >= 0.6 is 0 Å². The average molecular weight is 312 g/mol. The molecule has 1 N–H and O–H groups in total. The summed E-state index contributed by atoms with van der Waals surface area (Å²) in [6, 6.07) is 5.50. The molecule has 0 saturated carbocycles. The van der Waals surface area contributed by atoms with Gasteiger partial charge < -0.3 is 5.32 Å². The smallest absolute Gasteiger partial charge is 0.243 e. The molecule has 120 valence electrons. The number of aryl methyl sites for hydroxylation is 1. The van der Waals surface area contributed by atoms with Crippen LogP contribution in [-0.2, 0) is 23.0 Å². The molecule has 1 rings (SSSR count). The predicted octanol–water partition coefficient (Wildman–Crippen LogP) is 2.78. The zero-order valence-electron chi connectivity index (χ0n) is 13.6. The number of hydrogen-bond acceptors (Lipinski definition) is 3. The molecule has 1 aromatic carbocycles. The molecule has 5 heteroatoms. The molecule has 0 fully saturated rings. The summed E-state index contributed by atoms with van der Waals surface area (Å²) in [5.41, 5.74) is 2.29. The van der Waals surface area contributed by atoms with Crippen molar-refractivity contribution in [1.29, 1.82) is 0 Å². The highest BCUT2D eigenvalue weighted by Gasteiger charge is 2.22. The summed E-state index contributed by atoms with van der Waals surface area (Å²) >= 11 is 0. The van der Waals surface area contributed by atoms with Gasteiger partial charge in [-0.1, -0.05) is 33.8 Å². The monoisotopic (exact) mass is 312 g/mol. The second-order valence-corrected chi connectivity index (χ2v) is 6.99. The van der Waals surface area contributed by atoms with Gasteiger partial charge in [0, 0.05) is 19.6 Å². The molecule has 0 atom stereocenters. The highest BCUT2D eigenvalue weighted by molar-refractivity contribution is 7.89. The third-order valence-corrected chi connectivity index (χ3v) is 5.69. The van der Waals surface area contributed by atoms with Crippen LogP contribution in [0, 0.1) is 0 Å². The molecule has 0 spiro atoms. The van der Waals surface area contributed by atoms with E-state index in [1.807, 2.05) is 26.0 Å². The Labute approximate surface area is 129 Å². The fourth-order valence-corrected chi connectivity index (χ4v) is 3.89. The van der Waals surface area contributed by atoms with Crippen molar-refractivity contribution in [3.63, 3.8) is 0 Å². The van der Waals surface area contributed by atoms with Crippen LogP contribution in [0.5, 0.6) is 0 Å². The first-order valence-electron chi connectivity index (χ1n) is 7.83. The minimum Gasteiger partial charge on any atom is -0.313 e. The maximum atomic E-state index is 12.6. The Bertz CT molecular complexity index is 537. The maximum absolute atomic E-state index is 12.6. The normalized spacial score (nSPS) is 12.0. The van der Waals surface area contributed by atoms with E-state index in [0.717, 1.165) is 31.5 Å². The van der Waals surface area contributed by atoms with E-state index < -0.39 is 10.0 Å². The van der Waals surface area contributed by atoms with Crippen LogP contribution in [0.15, 0.2) is 23.1 Å². The summed E-state index contributed by atoms with van der Waals surface area (Å²) in [5, 5.41) is 3.35. The number of hydrogen-bond donors (Lipinski definition) is 1. The van der Waals surface area contributed by atoms with E-state index >= 15 is 0 Å². The largest absolute Gasteiger partial charge is 0.313 e. The van der Waals surface area contributed by atoms with Gasteiger partial charge in [-0.15, -0.1) is 0 Å². The van der Waals surface area contributed by atoms with Gasteiger partial charge in [0.05, 0.1) is 4.90 Å². The number of nitrogens with one attached hydrogen (secondary N) is 1. The molecule has 21 heavy (non-hydrogen) atoms. The van der Waals surface area contributed by atoms with Crippen LogP contribution < -0.4 is 5.32 Å². The second kappa shape index (κ2) is 8.51. The van der Waals surface area contributed by atoms with Crippen LogP contribution in [0.3, 0.4) is 0 Å². The summed E-state index contributed by atoms with van der Waals surface area (Å²) in [4.78, 5) is 0.400. The standard InChI is InChI=1S/C16H28N2O2S/c1-5-11-17-13-15-12-16(10-9-14(15)6-2)21(19,20)18(7-3)8-4/h9-10,12,17H,5-8,11,13H2,1-4H3. The predicted molar refractivity (Wildman–Crippen MR) is 87.9 cm³/mol. The zero-order valence-corrected chi connectivity index (χ0v) is 14.5. The lowest BCUT2D eigenvalue weighted by Gasteiger charge is -2.19. The quantitative estimate of drug-likeness (QED) is 0.713. The van der Waals surface area contributed by atoms with Crippen molar-refractivity contribution in [2.45, 2.75) is 52.0 Å². The molecule has 0 unspecified atom stereocenters. The van der Waals surface area contributed by atoms with Crippen molar-refractivity contribution in [3.05, 3.63) is 29.3 Å². The third-order valence-electron chi connectivity index (χ3n) is 3.64. The first-order chi connectivity index (χ1) is 10.0. The molecule has 0 amide bonds. The summed E-state index contributed by atoms with van der Waals surface area (Å²) in [6.45, 7) is 10.6. The summed E-state index contributed by atoms with van der Waals surface area (Å²) in [6.07, 6.45) is 1.98. The van der Waals surface area contributed by atoms with E-state index in [-0.39, 0.29) is 0 Å². The minimum absolute atomic E-state index is 0.400. The van der Waals surface area contributed by atoms with Gasteiger partial charge in [-0.2, -0.15) is 4.31 Å². The number of sulfonamides is 1. The van der Waals surface area contributed by atoms with Crippen LogP contribution in [0.4, 0.5) is 0 Å². The van der Waals surface area contributed by atoms with Gasteiger partial charge in [0.25, 0.3) is 0 Å². The summed E-state index contributed by atoms with van der Waals surface area (Å²) in [5.74, 6) is 0. The third kappa shape index (κ3) is 4.53. The number of benzene rings is 1. The van der Waals surface area contributed by atoms with Gasteiger partial charge in [-0.25, -0.2) is 8.42 Å². The Morgan fingerprint density at radius 1 is 1.05 bits per heavy atom. The minimum atomic E-state index is -3.37. The lowest BCUT2D eigenvalue weighted by molar-refractivity contribution is 0.445. The molecule has 0 aromatic heterocycles. The fraction of sp³-hybridized carbons (Fsp3) is 0.625. The topological polar surface area (TPSA) is 49.4 Å². The lowest BCUT2D eigenvalue weighted by Crippen LogP contribution is -2.30. The Balaban J connectivity index is 3.12. The van der Waals surface area contributed by atoms with Gasteiger partial charge in [0.2, 0.25) is 10.0 Å². The van der Waals surface area contributed by atoms with Crippen molar-refractivity contribution >= 4 is 10.0 Å². The van der Waals surface area contributed by atoms with E-state index in [1.165, 1.54) is 9.87 Å². The van der Waals surface area contributed by atoms with E-state index in [2.05, 4.69) is 19.2 Å². The molecular formula is C16H28N2O2S. The molecule has 0 aliphatic carbocycles. The molecule has 0 aliphatic rings. The number of rotatable bonds is 9. The second-order valence-electron chi connectivity index (χ2n) is 5.05. The Hall–Kier alpha value is -0.910. The van der Waals surface area contributed by atoms with Gasteiger partial charge in [0.1, 0.15) is 0 Å². The molecule has 0 heterocycles. The molecular weight excluding hydrogens is 284 g/mol. The fourth-order valence-electron chi connectivity index (χ4n) is 2.38. The van der Waals surface area contributed by atoms with Crippen molar-refractivity contribution in [3.8, 4) is 0 Å². The van der Waals surface area contributed by atoms with Gasteiger partial charge >= 0.3 is 0 Å². The first kappa shape index (κ1) is 18.1. The van der Waals surface area contributed by atoms with E-state index in [4.69, 9.17) is 0 Å². The molecule has 0 saturated heterocycles. The summed E-state index contributed by atoms with van der Waals surface area (Å²) < 4.78 is 26.7. The lowest BCUT2D eigenvalue weighted by atomic mass is 10.1. The molecule has 4 nitrogen and oxygen atoms in total. The first-order valence-corrected chi connectivity index (χ1v) is 9.27. The molecule has 0 aliphatic heterocycles. The Kier molecular flexibility index (Phi) is 7.35. The number of nitrogens with zero attached hydrogens (tertiary/aromatic N) is 1. The molecule has 0 radical (unpaired) electrons. The van der Waals surface area contributed by atoms with Crippen molar-refractivity contribution in [1.82, 2.24) is 9.62 Å². The van der Waals surface area contributed by atoms with Gasteiger partial charge in [-0.05, 0) is 42.6 Å². The molecule has 0 bridgehead atoms. The maximum Gasteiger partial charge on any atom is 0.243 e. The highest BCUT2D eigenvalue weighted by atomic mass is 32.2. The van der Waals surface area contributed by atoms with Crippen molar-refractivity contribution in [2.24, 2.45) is 0 Å². The van der Waals surface area contributed by atoms with Crippen molar-refractivity contribution in [2.75, 3.05) is 19.6 Å². The van der Waals surface area contributed by atoms with Crippen LogP contribution in [0.1, 0.15) is 45.2 Å². The van der Waals surface area contributed by atoms with E-state index in [1.54, 1.807) is 6.07 Å². The van der Waals surface area contributed by atoms with Crippen LogP contribution in [0.2, 0.25) is 0 Å². The van der Waals surface area contributed by atoms with Crippen LogP contribution in [-0.4, -0.2) is 32.4 Å². The zero-order chi connectivity index (χ0) is 15.9. The van der Waals surface area contributed by atoms with E-state index in [0.29, 0.717) is 18.0 Å². The van der Waals surface area contributed by atoms with E-state index in [9.17, 15) is 8.42 Å². The average Bonchev–Trinajstić information content (AvgIpc) is 2.48. The highest BCUT2D eigenvalue weighted by Crippen LogP contribution is 2.20. The summed E-state index contributed by atoms with van der Waals surface area (Å²) in [7, 11) is -3.37. The molecule has 1 aromatic rings. The van der Waals surface area contributed by atoms with Gasteiger partial charge in [0.15, 0.2) is 0 Å².